The van der Waals surface area contributed by atoms with Crippen LogP contribution in [0.25, 0.3) is 10.9 Å². The highest BCUT2D eigenvalue weighted by molar-refractivity contribution is 9.11. The summed E-state index contributed by atoms with van der Waals surface area (Å²) < 4.78 is 53.6. The maximum atomic E-state index is 14.1. The van der Waals surface area contributed by atoms with Crippen LogP contribution < -0.4 is 0 Å². The number of nitrogens with zero attached hydrogens (tertiary/aromatic N) is 7. The zero-order valence-electron chi connectivity index (χ0n) is 73.3. The van der Waals surface area contributed by atoms with Crippen LogP contribution in [0.4, 0.5) is 21.5 Å². The summed E-state index contributed by atoms with van der Waals surface area (Å²) in [6.45, 7) is 17.0. The Morgan fingerprint density at radius 3 is 1.19 bits per heavy atom. The molecule has 120 heavy (non-hydrogen) atoms. The number of nitrogens with one attached hydrogen (secondary N) is 1. The first kappa shape index (κ1) is 86.1. The molecule has 12 heterocycles. The zero-order valence-corrected chi connectivity index (χ0v) is 74.0. The highest BCUT2D eigenvalue weighted by Crippen LogP contribution is 2.56. The Labute approximate surface area is 733 Å². The number of aliphatic imine (C=N–C) groups is 3. The number of hydrogen-bond acceptors (Lipinski definition) is 22. The first-order valence-electron chi connectivity index (χ1n) is 44.1. The van der Waals surface area contributed by atoms with E-state index in [0.29, 0.717) is 161 Å². The fraction of sp³-hybridized carbons (Fsp3) is 0.554. The van der Waals surface area contributed by atoms with Gasteiger partial charge in [-0.1, -0.05) is 117 Å². The Kier molecular flexibility index (Phi) is 27.3. The molecule has 0 spiro atoms. The largest absolute Gasteiger partial charge is 0.392 e. The van der Waals surface area contributed by atoms with E-state index in [9.17, 15) is 85.2 Å². The number of aliphatic hydroxyl groups excluding tert-OH is 8. The minimum Gasteiger partial charge on any atom is -0.392 e. The molecule has 15 atom stereocenters. The van der Waals surface area contributed by atoms with Crippen LogP contribution in [0.1, 0.15) is 188 Å². The summed E-state index contributed by atoms with van der Waals surface area (Å²) in [6.07, 6.45) is 13.6. The summed E-state index contributed by atoms with van der Waals surface area (Å²) in [5, 5.41) is 115. The van der Waals surface area contributed by atoms with Gasteiger partial charge >= 0.3 is 0 Å². The number of benzene rings is 4. The molecular weight excluding hydrogens is 1710 g/mol. The molecule has 16 rings (SSSR count). The highest BCUT2D eigenvalue weighted by atomic mass is 79.9. The van der Waals surface area contributed by atoms with Gasteiger partial charge in [-0.2, -0.15) is 0 Å². The van der Waals surface area contributed by atoms with E-state index in [4.69, 9.17) is 33.2 Å². The van der Waals surface area contributed by atoms with Crippen molar-refractivity contribution in [1.82, 2.24) is 24.6 Å². The molecule has 28 heteroatoms. The molecule has 7 fully saturated rings. The van der Waals surface area contributed by atoms with E-state index < -0.39 is 79.7 Å². The molecule has 12 N–H and O–H groups in total. The number of rotatable bonds is 20. The molecule has 0 unspecified atom stereocenters. The number of allylic oxidation sites excluding steroid dienone is 4. The minimum atomic E-state index is -1.56. The number of carbonyl (C=O) groups is 4. The van der Waals surface area contributed by atoms with Crippen molar-refractivity contribution in [3.8, 4) is 0 Å². The van der Waals surface area contributed by atoms with Gasteiger partial charge in [0.2, 0.25) is 0 Å². The molecule has 0 radical (unpaired) electrons. The van der Waals surface area contributed by atoms with Crippen LogP contribution in [0, 0.1) is 53.2 Å². The highest BCUT2D eigenvalue weighted by Gasteiger charge is 2.58. The number of hydrogen-bond donors (Lipinski definition) is 12. The van der Waals surface area contributed by atoms with Crippen LogP contribution in [0.15, 0.2) is 113 Å². The number of ketones is 4. The van der Waals surface area contributed by atoms with Crippen molar-refractivity contribution in [2.75, 3.05) is 78.8 Å². The van der Waals surface area contributed by atoms with Crippen molar-refractivity contribution < 1.29 is 85.2 Å². The SMILES string of the molecule is [2H][C@@]12C[C@H](/C(=C\C)C(=O)CO)[C@H](CC)CN1CC[C@@]1(O)C2=Nc2cc(Br)cc(CO)c21.[2H][C@@]12C[C@H](/C(=C\C)C(=O)CO)[C@H](CC)CN1CC[C@@]1(O)C2=Nc2cc(Cl)cc(CO)c21.[2H][C@@]12C[C@H](/C(=C\C)C(=O)CO)[C@H](CC)CN1CC[C@@]1(O)C2=Nc2cc(F)cc(CO)c21.[2H][C@@]12C[C@H](/C(=C\C)C(=O)CO)[C@H](CC)CN1CCc1c2[nH]c2c(Br)c(Cl)cc(CO)c12. The van der Waals surface area contributed by atoms with E-state index in [1.54, 1.807) is 69.3 Å². The molecule has 7 saturated heterocycles. The van der Waals surface area contributed by atoms with Crippen LogP contribution in [-0.2, 0) is 68.8 Å². The lowest BCUT2D eigenvalue weighted by molar-refractivity contribution is -0.120. The Balaban J connectivity index is 0.000000142. The molecule has 648 valence electrons. The average Bonchev–Trinajstić information content (AvgIpc) is 1.54. The van der Waals surface area contributed by atoms with Gasteiger partial charge in [-0.3, -0.25) is 53.8 Å². The van der Waals surface area contributed by atoms with Crippen LogP contribution in [-0.4, -0.2) is 218 Å². The molecule has 1 aromatic heterocycles. The second kappa shape index (κ2) is 38.0. The maximum Gasteiger partial charge on any atom is 0.184 e. The van der Waals surface area contributed by atoms with Crippen LogP contribution in [0.3, 0.4) is 0 Å². The number of Topliss-reactive ketones (excluding diaryl/α,β-unsaturated/α-hetero) is 4. The first-order chi connectivity index (χ1) is 59.0. The second-order valence-corrected chi connectivity index (χ2v) is 35.9. The molecule has 0 bridgehead atoms. The Hall–Kier alpha value is -6.06. The van der Waals surface area contributed by atoms with Crippen molar-refractivity contribution in [3.63, 3.8) is 0 Å². The number of fused-ring (bicyclic) bond motifs is 20. The van der Waals surface area contributed by atoms with Gasteiger partial charge in [-0.25, -0.2) is 4.39 Å². The second-order valence-electron chi connectivity index (χ2n) is 33.3. The third-order valence-corrected chi connectivity index (χ3v) is 29.5. The molecule has 0 saturated carbocycles. The fourth-order valence-corrected chi connectivity index (χ4v) is 23.0. The third kappa shape index (κ3) is 16.5. The predicted octanol–water partition coefficient (Wildman–Crippen LogP) is 12.3. The van der Waals surface area contributed by atoms with E-state index in [1.807, 2.05) is 29.7 Å². The number of piperidine rings is 7. The van der Waals surface area contributed by atoms with Crippen LogP contribution in [0.2, 0.25) is 10.0 Å². The Morgan fingerprint density at radius 2 is 0.833 bits per heavy atom. The van der Waals surface area contributed by atoms with Crippen LogP contribution >= 0.6 is 55.1 Å². The molecule has 5 aromatic rings. The number of aromatic nitrogens is 1. The monoisotopic (exact) mass is 1820 g/mol. The summed E-state index contributed by atoms with van der Waals surface area (Å²) >= 11 is 19.6. The lowest BCUT2D eigenvalue weighted by Crippen LogP contribution is -2.60. The Bertz CT molecular complexity index is 4920. The van der Waals surface area contributed by atoms with E-state index in [-0.39, 0.29) is 114 Å². The van der Waals surface area contributed by atoms with Crippen molar-refractivity contribution in [3.05, 3.63) is 164 Å². The fourth-order valence-electron chi connectivity index (χ4n) is 21.7. The summed E-state index contributed by atoms with van der Waals surface area (Å²) in [7, 11) is 0. The molecule has 11 aliphatic rings. The van der Waals surface area contributed by atoms with Gasteiger partial charge in [0, 0.05) is 89.6 Å². The Morgan fingerprint density at radius 1 is 0.492 bits per heavy atom. The van der Waals surface area contributed by atoms with Crippen molar-refractivity contribution in [2.45, 2.75) is 200 Å². The van der Waals surface area contributed by atoms with Crippen molar-refractivity contribution in [1.29, 1.82) is 0 Å². The maximum absolute atomic E-state index is 14.1. The molecule has 0 amide bonds. The molecule has 23 nitrogen and oxygen atoms in total. The van der Waals surface area contributed by atoms with E-state index >= 15 is 0 Å². The van der Waals surface area contributed by atoms with E-state index in [0.717, 1.165) is 81.9 Å². The topological polar surface area (TPSA) is 357 Å². The van der Waals surface area contributed by atoms with Gasteiger partial charge in [0.1, 0.15) is 49.0 Å². The smallest absolute Gasteiger partial charge is 0.184 e. The summed E-state index contributed by atoms with van der Waals surface area (Å²) in [4.78, 5) is 75.6. The predicted molar refractivity (Wildman–Crippen MR) is 469 cm³/mol. The molecule has 4 aromatic carbocycles. The molecular formula is C92H115Br2Cl2FN8O15. The number of H-pyrrole nitrogens is 1. The first-order valence-corrected chi connectivity index (χ1v) is 44.4. The average molecular weight is 1830 g/mol. The number of halogens is 5. The summed E-state index contributed by atoms with van der Waals surface area (Å²) in [5.74, 6) is -1.82. The summed E-state index contributed by atoms with van der Waals surface area (Å²) in [5.41, 5.74) is 6.42. The van der Waals surface area contributed by atoms with Crippen molar-refractivity contribution >= 4 is 123 Å². The van der Waals surface area contributed by atoms with Gasteiger partial charge < -0.3 is 61.2 Å². The number of aromatic amines is 1. The normalized spacial score (nSPS) is 32.4. The number of aliphatic hydroxyl groups is 11. The number of carbonyl (C=O) groups excluding carboxylic acids is 4. The molecule has 11 aliphatic heterocycles. The minimum absolute atomic E-state index is 0.0925. The van der Waals surface area contributed by atoms with Gasteiger partial charge in [-0.15, -0.1) is 0 Å². The third-order valence-electron chi connectivity index (χ3n) is 27.5. The lowest BCUT2D eigenvalue weighted by Gasteiger charge is -2.50. The van der Waals surface area contributed by atoms with Gasteiger partial charge in [0.25, 0.3) is 0 Å². The van der Waals surface area contributed by atoms with E-state index in [2.05, 4.69) is 72.4 Å². The van der Waals surface area contributed by atoms with Gasteiger partial charge in [-0.05, 0) is 235 Å². The quantitative estimate of drug-likeness (QED) is 0.0322. The zero-order chi connectivity index (χ0) is 90.2. The van der Waals surface area contributed by atoms with Gasteiger partial charge in [0.05, 0.1) is 105 Å². The lowest BCUT2D eigenvalue weighted by atomic mass is 9.69. The van der Waals surface area contributed by atoms with E-state index in [1.165, 1.54) is 12.1 Å². The van der Waals surface area contributed by atoms with Crippen molar-refractivity contribution in [2.24, 2.45) is 62.3 Å². The van der Waals surface area contributed by atoms with Crippen LogP contribution in [0.5, 0.6) is 0 Å². The van der Waals surface area contributed by atoms with Gasteiger partial charge in [0.15, 0.2) is 23.1 Å². The summed E-state index contributed by atoms with van der Waals surface area (Å²) in [6, 6.07) is 6.13. The standard InChI is InChI=1S/C23H28BrClN2O3.C23H29BrN2O4.C23H29ClN2O4.C23H29FN2O4/c1-3-12-9-27-6-5-15-20-13(10-28)7-17(25)21(24)23(20)26-22(15)18(27)8-16(12)14(4-2)19(30)11-29;3*1-3-13-10-26-6-5-23(30)21-14(11-27)7-15(24)8-18(21)25-22(23)19(26)9-17(13)16(4-2)20(29)12-28/h4,7,12,16,18,26,28-29H,3,5-6,8-11H2,1-2H3;3*4,7-8,13,17,19,27-28,30H,3,5-6,9-12H2,1-2H3/b14-4+;3*16-4+/t12-,16+,18+;3*13-,17+,19+,23+/m1111/s1/i18D;3*19D. The molecule has 0 aliphatic carbocycles.